The Balaban J connectivity index is 0.00000242. The number of hydrogen-bond donors (Lipinski definition) is 1. The topological polar surface area (TPSA) is 69.2 Å². The summed E-state index contributed by atoms with van der Waals surface area (Å²) < 4.78 is 0. The van der Waals surface area contributed by atoms with Crippen molar-refractivity contribution in [3.05, 3.63) is 71.8 Å². The van der Waals surface area contributed by atoms with Crippen molar-refractivity contribution in [3.8, 4) is 0 Å². The fraction of sp³-hybridized carbons (Fsp3) is 0.176. The van der Waals surface area contributed by atoms with Gasteiger partial charge in [-0.15, -0.1) is 0 Å². The smallest absolute Gasteiger partial charge is 0.550 e. The van der Waals surface area contributed by atoms with E-state index in [1.807, 2.05) is 60.7 Å². The number of aliphatic carboxylic acids is 1. The van der Waals surface area contributed by atoms with Gasteiger partial charge in [-0.1, -0.05) is 60.7 Å². The van der Waals surface area contributed by atoms with E-state index in [0.29, 0.717) is 0 Å². The number of rotatable bonds is 6. The van der Waals surface area contributed by atoms with Crippen molar-refractivity contribution in [2.24, 2.45) is 0 Å². The Kier molecular flexibility index (Phi) is 7.88. The molecule has 0 aliphatic heterocycles. The average Bonchev–Trinajstić information content (AvgIpc) is 2.52. The maximum Gasteiger partial charge on any atom is 1.00 e. The maximum atomic E-state index is 11.9. The molecule has 0 fully saturated rings. The number of carboxylic acids is 1. The van der Waals surface area contributed by atoms with Crippen LogP contribution in [-0.4, -0.2) is 11.9 Å². The maximum absolute atomic E-state index is 11.9. The molecule has 1 amide bonds. The monoisotopic (exact) mass is 305 g/mol. The van der Waals surface area contributed by atoms with Gasteiger partial charge < -0.3 is 15.2 Å². The number of hydrogen-bond acceptors (Lipinski definition) is 3. The molecule has 0 saturated heterocycles. The second-order valence-corrected chi connectivity index (χ2v) is 4.69. The number of carbonyl (C=O) groups is 2. The summed E-state index contributed by atoms with van der Waals surface area (Å²) >= 11 is 0. The molecule has 2 aromatic carbocycles. The molecule has 5 heteroatoms. The van der Waals surface area contributed by atoms with E-state index in [1.54, 1.807) is 0 Å². The van der Waals surface area contributed by atoms with Crippen molar-refractivity contribution in [3.63, 3.8) is 0 Å². The van der Waals surface area contributed by atoms with Crippen LogP contribution in [0.4, 0.5) is 0 Å². The molecule has 0 bridgehead atoms. The molecule has 2 aromatic rings. The van der Waals surface area contributed by atoms with Crippen molar-refractivity contribution in [1.82, 2.24) is 5.32 Å². The molecule has 0 aromatic heterocycles. The Morgan fingerprint density at radius 2 is 1.32 bits per heavy atom. The van der Waals surface area contributed by atoms with Gasteiger partial charge in [-0.3, -0.25) is 4.79 Å². The van der Waals surface area contributed by atoms with E-state index >= 15 is 0 Å². The van der Waals surface area contributed by atoms with Crippen LogP contribution in [-0.2, 0) is 9.59 Å². The molecule has 0 saturated carbocycles. The number of carboxylic acid groups (broad SMARTS) is 1. The van der Waals surface area contributed by atoms with E-state index in [9.17, 15) is 14.7 Å². The van der Waals surface area contributed by atoms with E-state index in [0.717, 1.165) is 11.1 Å². The summed E-state index contributed by atoms with van der Waals surface area (Å²) in [6.07, 6.45) is -0.360. The van der Waals surface area contributed by atoms with Crippen LogP contribution in [0.5, 0.6) is 0 Å². The summed E-state index contributed by atoms with van der Waals surface area (Å²) in [7, 11) is 0. The van der Waals surface area contributed by atoms with Gasteiger partial charge in [0, 0.05) is 12.4 Å². The fourth-order valence-corrected chi connectivity index (χ4v) is 2.10. The Morgan fingerprint density at radius 1 is 0.864 bits per heavy atom. The first kappa shape index (κ1) is 18.4. The SMILES string of the molecule is O=C([O-])CCC(=O)NC(c1ccccc1)c1ccccc1.[Na+]. The minimum Gasteiger partial charge on any atom is -0.550 e. The fourth-order valence-electron chi connectivity index (χ4n) is 2.10. The molecular formula is C17H16NNaO3. The van der Waals surface area contributed by atoms with Gasteiger partial charge in [-0.05, 0) is 17.5 Å². The molecule has 4 nitrogen and oxygen atoms in total. The quantitative estimate of drug-likeness (QED) is 0.655. The van der Waals surface area contributed by atoms with Gasteiger partial charge in [0.25, 0.3) is 0 Å². The molecule has 0 heterocycles. The van der Waals surface area contributed by atoms with Gasteiger partial charge in [0.15, 0.2) is 0 Å². The standard InChI is InChI=1S/C17H17NO3.Na/c19-15(11-12-16(20)21)18-17(13-7-3-1-4-8-13)14-9-5-2-6-10-14;/h1-10,17H,11-12H2,(H,18,19)(H,20,21);/q;+1/p-1. The number of benzene rings is 2. The van der Waals surface area contributed by atoms with Gasteiger partial charge in [-0.25, -0.2) is 0 Å². The van der Waals surface area contributed by atoms with Gasteiger partial charge in [0.2, 0.25) is 5.91 Å². The molecule has 0 aliphatic rings. The Morgan fingerprint density at radius 3 is 1.73 bits per heavy atom. The van der Waals surface area contributed by atoms with Crippen LogP contribution in [0.15, 0.2) is 60.7 Å². The summed E-state index contributed by atoms with van der Waals surface area (Å²) in [4.78, 5) is 22.3. The van der Waals surface area contributed by atoms with Crippen molar-refractivity contribution < 1.29 is 44.3 Å². The predicted octanol–water partition coefficient (Wildman–Crippen LogP) is -1.57. The number of carbonyl (C=O) groups excluding carboxylic acids is 2. The zero-order valence-electron chi connectivity index (χ0n) is 12.5. The van der Waals surface area contributed by atoms with Crippen LogP contribution >= 0.6 is 0 Å². The van der Waals surface area contributed by atoms with Gasteiger partial charge >= 0.3 is 29.6 Å². The summed E-state index contributed by atoms with van der Waals surface area (Å²) in [6, 6.07) is 18.8. The second-order valence-electron chi connectivity index (χ2n) is 4.69. The van der Waals surface area contributed by atoms with Crippen LogP contribution in [0, 0.1) is 0 Å². The summed E-state index contributed by atoms with van der Waals surface area (Å²) in [5.74, 6) is -1.53. The van der Waals surface area contributed by atoms with Gasteiger partial charge in [-0.2, -0.15) is 0 Å². The number of nitrogens with one attached hydrogen (secondary N) is 1. The van der Waals surface area contributed by atoms with Crippen molar-refractivity contribution in [1.29, 1.82) is 0 Å². The van der Waals surface area contributed by atoms with Crippen LogP contribution in [0.2, 0.25) is 0 Å². The zero-order valence-corrected chi connectivity index (χ0v) is 14.5. The van der Waals surface area contributed by atoms with E-state index in [4.69, 9.17) is 0 Å². The summed E-state index contributed by atoms with van der Waals surface area (Å²) in [6.45, 7) is 0. The molecule has 0 spiro atoms. The Bertz CT molecular complexity index is 562. The third-order valence-corrected chi connectivity index (χ3v) is 3.13. The van der Waals surface area contributed by atoms with E-state index < -0.39 is 5.97 Å². The first-order valence-corrected chi connectivity index (χ1v) is 6.76. The van der Waals surface area contributed by atoms with Crippen molar-refractivity contribution in [2.75, 3.05) is 0 Å². The molecule has 0 aliphatic carbocycles. The first-order valence-electron chi connectivity index (χ1n) is 6.76. The van der Waals surface area contributed by atoms with Crippen LogP contribution in [0.3, 0.4) is 0 Å². The van der Waals surface area contributed by atoms with Gasteiger partial charge in [0.1, 0.15) is 0 Å². The van der Waals surface area contributed by atoms with Crippen molar-refractivity contribution >= 4 is 11.9 Å². The second kappa shape index (κ2) is 9.41. The normalized spacial score (nSPS) is 9.86. The largest absolute Gasteiger partial charge is 1.00 e. The molecule has 1 N–H and O–H groups in total. The third-order valence-electron chi connectivity index (χ3n) is 3.13. The predicted molar refractivity (Wildman–Crippen MR) is 77.1 cm³/mol. The molecular weight excluding hydrogens is 289 g/mol. The molecule has 2 rings (SSSR count). The first-order chi connectivity index (χ1) is 10.2. The van der Waals surface area contributed by atoms with Crippen LogP contribution in [0.25, 0.3) is 0 Å². The molecule has 108 valence electrons. The van der Waals surface area contributed by atoms with E-state index in [1.165, 1.54) is 0 Å². The Labute approximate surface area is 151 Å². The van der Waals surface area contributed by atoms with Crippen LogP contribution in [0.1, 0.15) is 30.0 Å². The molecule has 0 unspecified atom stereocenters. The molecule has 0 radical (unpaired) electrons. The minimum absolute atomic E-state index is 0. The average molecular weight is 305 g/mol. The summed E-state index contributed by atoms with van der Waals surface area (Å²) in [5.41, 5.74) is 1.90. The molecule has 22 heavy (non-hydrogen) atoms. The minimum atomic E-state index is -1.22. The third kappa shape index (κ3) is 5.64. The Hall–Kier alpha value is -1.62. The van der Waals surface area contributed by atoms with Crippen molar-refractivity contribution in [2.45, 2.75) is 18.9 Å². The van der Waals surface area contributed by atoms with Gasteiger partial charge in [0.05, 0.1) is 6.04 Å². The van der Waals surface area contributed by atoms with Crippen LogP contribution < -0.4 is 40.0 Å². The van der Waals surface area contributed by atoms with E-state index in [-0.39, 0.29) is 54.3 Å². The number of amides is 1. The summed E-state index contributed by atoms with van der Waals surface area (Å²) in [5, 5.41) is 13.3. The zero-order chi connectivity index (χ0) is 15.1. The van der Waals surface area contributed by atoms with E-state index in [2.05, 4.69) is 5.32 Å². The molecule has 0 atom stereocenters.